The first-order valence-corrected chi connectivity index (χ1v) is 6.38. The van der Waals surface area contributed by atoms with Crippen molar-refractivity contribution < 1.29 is 13.9 Å². The third-order valence-corrected chi connectivity index (χ3v) is 4.13. The Kier molecular flexibility index (Phi) is 3.29. The molecular formula is C11H8BrF2NOS. The molecule has 0 bridgehead atoms. The number of nitrogens with zero attached hydrogens (tertiary/aromatic N) is 1. The van der Waals surface area contributed by atoms with E-state index < -0.39 is 17.2 Å². The molecule has 0 fully saturated rings. The largest absolute Gasteiger partial charge is 0.378 e. The molecule has 0 aliphatic heterocycles. The average molecular weight is 320 g/mol. The van der Waals surface area contributed by atoms with Crippen LogP contribution in [0.15, 0.2) is 28.2 Å². The van der Waals surface area contributed by atoms with Crippen molar-refractivity contribution in [2.45, 2.75) is 12.5 Å². The first-order valence-electron chi connectivity index (χ1n) is 4.71. The Balaban J connectivity index is 2.55. The zero-order chi connectivity index (χ0) is 12.6. The van der Waals surface area contributed by atoms with Crippen molar-refractivity contribution in [3.8, 4) is 0 Å². The summed E-state index contributed by atoms with van der Waals surface area (Å²) in [6.45, 7) is 1.39. The Hall–Kier alpha value is -0.850. The number of aliphatic hydroxyl groups is 1. The molecule has 90 valence electrons. The fourth-order valence-corrected chi connectivity index (χ4v) is 2.80. The SMILES string of the molecule is CC(O)(c1nc(Br)cs1)c1cccc(F)c1F. The van der Waals surface area contributed by atoms with Crippen LogP contribution in [0.4, 0.5) is 8.78 Å². The van der Waals surface area contributed by atoms with Crippen LogP contribution in [0, 0.1) is 11.6 Å². The smallest absolute Gasteiger partial charge is 0.165 e. The van der Waals surface area contributed by atoms with E-state index in [-0.39, 0.29) is 5.56 Å². The van der Waals surface area contributed by atoms with Crippen LogP contribution in [-0.2, 0) is 5.60 Å². The number of rotatable bonds is 2. The number of halogens is 3. The lowest BCUT2D eigenvalue weighted by Gasteiger charge is -2.21. The van der Waals surface area contributed by atoms with Crippen LogP contribution in [0.25, 0.3) is 0 Å². The Bertz CT molecular complexity index is 556. The van der Waals surface area contributed by atoms with Gasteiger partial charge in [0.05, 0.1) is 0 Å². The molecule has 2 rings (SSSR count). The van der Waals surface area contributed by atoms with E-state index in [1.54, 1.807) is 5.38 Å². The molecule has 2 nitrogen and oxygen atoms in total. The van der Waals surface area contributed by atoms with Gasteiger partial charge in [-0.1, -0.05) is 12.1 Å². The Morgan fingerprint density at radius 3 is 2.71 bits per heavy atom. The van der Waals surface area contributed by atoms with Gasteiger partial charge in [0, 0.05) is 10.9 Å². The van der Waals surface area contributed by atoms with Gasteiger partial charge in [-0.3, -0.25) is 0 Å². The maximum atomic E-state index is 13.6. The number of hydrogen-bond donors (Lipinski definition) is 1. The molecule has 1 aromatic heterocycles. The minimum Gasteiger partial charge on any atom is -0.378 e. The second-order valence-electron chi connectivity index (χ2n) is 3.65. The number of aromatic nitrogens is 1. The van der Waals surface area contributed by atoms with E-state index in [1.807, 2.05) is 0 Å². The molecule has 1 atom stereocenters. The van der Waals surface area contributed by atoms with Gasteiger partial charge in [-0.05, 0) is 28.9 Å². The van der Waals surface area contributed by atoms with Crippen molar-refractivity contribution in [3.05, 3.63) is 50.4 Å². The summed E-state index contributed by atoms with van der Waals surface area (Å²) in [6, 6.07) is 3.70. The summed E-state index contributed by atoms with van der Waals surface area (Å²) in [5.74, 6) is -2.04. The predicted octanol–water partition coefficient (Wildman–Crippen LogP) is 3.44. The molecule has 0 spiro atoms. The Labute approximate surface area is 109 Å². The van der Waals surface area contributed by atoms with Crippen molar-refractivity contribution in [3.63, 3.8) is 0 Å². The topological polar surface area (TPSA) is 33.1 Å². The molecule has 1 aromatic carbocycles. The van der Waals surface area contributed by atoms with E-state index in [0.29, 0.717) is 9.61 Å². The van der Waals surface area contributed by atoms with E-state index >= 15 is 0 Å². The van der Waals surface area contributed by atoms with Crippen LogP contribution in [0.1, 0.15) is 17.5 Å². The number of thiazole rings is 1. The van der Waals surface area contributed by atoms with Crippen LogP contribution in [0.2, 0.25) is 0 Å². The van der Waals surface area contributed by atoms with Crippen molar-refractivity contribution in [1.29, 1.82) is 0 Å². The fourth-order valence-electron chi connectivity index (χ4n) is 1.47. The Morgan fingerprint density at radius 1 is 1.41 bits per heavy atom. The van der Waals surface area contributed by atoms with E-state index in [4.69, 9.17) is 0 Å². The maximum Gasteiger partial charge on any atom is 0.165 e. The van der Waals surface area contributed by atoms with Crippen molar-refractivity contribution in [1.82, 2.24) is 4.98 Å². The van der Waals surface area contributed by atoms with Crippen molar-refractivity contribution in [2.75, 3.05) is 0 Å². The first-order chi connectivity index (χ1) is 7.93. The van der Waals surface area contributed by atoms with E-state index in [1.165, 1.54) is 30.4 Å². The normalized spacial score (nSPS) is 14.6. The lowest BCUT2D eigenvalue weighted by atomic mass is 9.96. The number of benzene rings is 1. The summed E-state index contributed by atoms with van der Waals surface area (Å²) in [5.41, 5.74) is -1.78. The van der Waals surface area contributed by atoms with Crippen LogP contribution in [-0.4, -0.2) is 10.1 Å². The average Bonchev–Trinajstić information content (AvgIpc) is 2.69. The van der Waals surface area contributed by atoms with Gasteiger partial charge in [0.1, 0.15) is 15.2 Å². The molecule has 1 heterocycles. The zero-order valence-corrected chi connectivity index (χ0v) is 11.1. The number of hydrogen-bond acceptors (Lipinski definition) is 3. The van der Waals surface area contributed by atoms with Gasteiger partial charge in [-0.15, -0.1) is 11.3 Å². The van der Waals surface area contributed by atoms with Gasteiger partial charge >= 0.3 is 0 Å². The molecule has 0 amide bonds. The highest BCUT2D eigenvalue weighted by molar-refractivity contribution is 9.10. The summed E-state index contributed by atoms with van der Waals surface area (Å²) in [4.78, 5) is 4.03. The third kappa shape index (κ3) is 2.25. The maximum absolute atomic E-state index is 13.6. The van der Waals surface area contributed by atoms with Gasteiger partial charge in [-0.2, -0.15) is 0 Å². The van der Waals surface area contributed by atoms with E-state index in [2.05, 4.69) is 20.9 Å². The lowest BCUT2D eigenvalue weighted by molar-refractivity contribution is 0.0965. The summed E-state index contributed by atoms with van der Waals surface area (Å²) < 4.78 is 27.3. The first kappa shape index (κ1) is 12.6. The zero-order valence-electron chi connectivity index (χ0n) is 8.75. The molecule has 6 heteroatoms. The third-order valence-electron chi connectivity index (χ3n) is 2.37. The quantitative estimate of drug-likeness (QED) is 0.919. The molecule has 0 saturated carbocycles. The molecule has 0 saturated heterocycles. The molecule has 17 heavy (non-hydrogen) atoms. The summed E-state index contributed by atoms with van der Waals surface area (Å²) in [5, 5.41) is 12.3. The molecule has 0 aliphatic carbocycles. The molecule has 0 radical (unpaired) electrons. The van der Waals surface area contributed by atoms with Crippen LogP contribution < -0.4 is 0 Å². The molecule has 1 unspecified atom stereocenters. The second kappa shape index (κ2) is 4.44. The van der Waals surface area contributed by atoms with Gasteiger partial charge in [0.2, 0.25) is 0 Å². The highest BCUT2D eigenvalue weighted by Crippen LogP contribution is 2.34. The standard InChI is InChI=1S/C11H8BrF2NOS/c1-11(16,10-15-8(12)5-17-10)6-3-2-4-7(13)9(6)14/h2-5,16H,1H3. The van der Waals surface area contributed by atoms with Crippen molar-refractivity contribution >= 4 is 27.3 Å². The highest BCUT2D eigenvalue weighted by atomic mass is 79.9. The molecule has 1 N–H and O–H groups in total. The monoisotopic (exact) mass is 319 g/mol. The van der Waals surface area contributed by atoms with E-state index in [9.17, 15) is 13.9 Å². The molecule has 2 aromatic rings. The van der Waals surface area contributed by atoms with Crippen LogP contribution in [0.3, 0.4) is 0 Å². The van der Waals surface area contributed by atoms with Crippen LogP contribution >= 0.6 is 27.3 Å². The summed E-state index contributed by atoms with van der Waals surface area (Å²) >= 11 is 4.32. The second-order valence-corrected chi connectivity index (χ2v) is 5.32. The van der Waals surface area contributed by atoms with Gasteiger partial charge in [0.15, 0.2) is 11.6 Å². The summed E-state index contributed by atoms with van der Waals surface area (Å²) in [7, 11) is 0. The van der Waals surface area contributed by atoms with E-state index in [0.717, 1.165) is 6.07 Å². The molecule has 0 aliphatic rings. The Morgan fingerprint density at radius 2 is 2.12 bits per heavy atom. The van der Waals surface area contributed by atoms with Gasteiger partial charge < -0.3 is 5.11 Å². The lowest BCUT2D eigenvalue weighted by Crippen LogP contribution is -2.24. The van der Waals surface area contributed by atoms with Crippen molar-refractivity contribution in [2.24, 2.45) is 0 Å². The fraction of sp³-hybridized carbons (Fsp3) is 0.182. The minimum absolute atomic E-state index is 0.126. The van der Waals surface area contributed by atoms with Gasteiger partial charge in [-0.25, -0.2) is 13.8 Å². The summed E-state index contributed by atoms with van der Waals surface area (Å²) in [6.07, 6.45) is 0. The highest BCUT2D eigenvalue weighted by Gasteiger charge is 2.32. The van der Waals surface area contributed by atoms with Crippen LogP contribution in [0.5, 0.6) is 0 Å². The van der Waals surface area contributed by atoms with Gasteiger partial charge in [0.25, 0.3) is 0 Å². The predicted molar refractivity (Wildman–Crippen MR) is 64.8 cm³/mol. The molecular weight excluding hydrogens is 312 g/mol. The minimum atomic E-state index is -1.65.